The zero-order valence-electron chi connectivity index (χ0n) is 20.0. The number of likely N-dealkylation sites (tertiary alicyclic amines) is 1. The third kappa shape index (κ3) is 5.58. The third-order valence-electron chi connectivity index (χ3n) is 6.40. The van der Waals surface area contributed by atoms with Crippen LogP contribution < -0.4 is 5.32 Å². The molecule has 1 aromatic heterocycles. The first-order chi connectivity index (χ1) is 17.2. The van der Waals surface area contributed by atoms with Crippen molar-refractivity contribution in [2.45, 2.75) is 57.3 Å². The molecule has 0 radical (unpaired) electrons. The topological polar surface area (TPSA) is 91.0 Å². The number of carbonyl (C=O) groups excluding carboxylic acids is 2. The number of aromatic amines is 1. The molecule has 3 unspecified atom stereocenters. The van der Waals surface area contributed by atoms with Crippen molar-refractivity contribution < 1.29 is 22.8 Å². The largest absolute Gasteiger partial charge is 0.343 e. The lowest BCUT2D eigenvalue weighted by Gasteiger charge is -2.27. The van der Waals surface area contributed by atoms with Gasteiger partial charge in [0, 0.05) is 12.0 Å². The number of benzene rings is 2. The van der Waals surface area contributed by atoms with E-state index in [-0.39, 0.29) is 30.9 Å². The van der Waals surface area contributed by atoms with Crippen molar-refractivity contribution in [1.29, 1.82) is 0 Å². The molecule has 36 heavy (non-hydrogen) atoms. The number of carbonyl (C=O) groups is 2. The van der Waals surface area contributed by atoms with E-state index in [1.54, 1.807) is 36.4 Å². The molecule has 3 atom stereocenters. The second-order valence-electron chi connectivity index (χ2n) is 9.25. The summed E-state index contributed by atoms with van der Waals surface area (Å²) >= 11 is 0. The molecule has 0 spiro atoms. The van der Waals surface area contributed by atoms with Gasteiger partial charge < -0.3 is 10.2 Å². The lowest BCUT2D eigenvalue weighted by molar-refractivity contribution is -0.138. The summed E-state index contributed by atoms with van der Waals surface area (Å²) in [4.78, 5) is 27.5. The second kappa shape index (κ2) is 10.9. The lowest BCUT2D eigenvalue weighted by Crippen LogP contribution is -2.47. The summed E-state index contributed by atoms with van der Waals surface area (Å²) in [5.74, 6) is -1.08. The molecule has 1 aliphatic rings. The molecule has 0 aliphatic carbocycles. The molecule has 2 amide bonds. The second-order valence-corrected chi connectivity index (χ2v) is 9.25. The maximum absolute atomic E-state index is 14.4. The zero-order chi connectivity index (χ0) is 25.8. The maximum Gasteiger partial charge on any atom is 0.264 e. The molecule has 1 fully saturated rings. The SMILES string of the molecule is CC(C)c1ccc(C(NC(=O)C2CC(F)CN2C(=O)Cc2cnn[nH]2)c2ccccc2)cc1C(F)F. The van der Waals surface area contributed by atoms with Crippen LogP contribution in [-0.4, -0.2) is 50.9 Å². The molecule has 0 saturated carbocycles. The molecular weight excluding hydrogens is 471 g/mol. The number of nitrogens with zero attached hydrogens (tertiary/aromatic N) is 3. The van der Waals surface area contributed by atoms with Crippen molar-refractivity contribution >= 4 is 11.8 Å². The van der Waals surface area contributed by atoms with Gasteiger partial charge in [0.1, 0.15) is 12.2 Å². The first kappa shape index (κ1) is 25.4. The Hall–Kier alpha value is -3.69. The summed E-state index contributed by atoms with van der Waals surface area (Å²) in [6.07, 6.45) is -2.88. The number of rotatable bonds is 8. The first-order valence-electron chi connectivity index (χ1n) is 11.8. The Morgan fingerprint density at radius 2 is 1.86 bits per heavy atom. The van der Waals surface area contributed by atoms with Crippen LogP contribution in [0.2, 0.25) is 0 Å². The Kier molecular flexibility index (Phi) is 7.71. The monoisotopic (exact) mass is 499 g/mol. The molecule has 7 nitrogen and oxygen atoms in total. The van der Waals surface area contributed by atoms with Crippen molar-refractivity contribution in [3.63, 3.8) is 0 Å². The van der Waals surface area contributed by atoms with Crippen molar-refractivity contribution in [3.8, 4) is 0 Å². The first-order valence-corrected chi connectivity index (χ1v) is 11.8. The average Bonchev–Trinajstić information content (AvgIpc) is 3.52. The summed E-state index contributed by atoms with van der Waals surface area (Å²) in [5.41, 5.74) is 2.05. The average molecular weight is 500 g/mol. The summed E-state index contributed by atoms with van der Waals surface area (Å²) in [6, 6.07) is 11.9. The van der Waals surface area contributed by atoms with E-state index in [4.69, 9.17) is 0 Å². The highest BCUT2D eigenvalue weighted by molar-refractivity contribution is 5.89. The summed E-state index contributed by atoms with van der Waals surface area (Å²) in [7, 11) is 0. The summed E-state index contributed by atoms with van der Waals surface area (Å²) in [5, 5.41) is 12.7. The standard InChI is InChI=1S/C26H28F3N5O2/c1-15(2)20-9-8-17(10-21(20)25(28)29)24(16-6-4-3-5-7-16)31-26(36)22-11-18(27)14-34(22)23(35)12-19-13-30-33-32-19/h3-10,13,15,18,22,24-25H,11-12,14H2,1-2H3,(H,31,36)(H,30,32,33). The van der Waals surface area contributed by atoms with E-state index in [2.05, 4.69) is 20.7 Å². The van der Waals surface area contributed by atoms with Gasteiger partial charge in [0.15, 0.2) is 0 Å². The third-order valence-corrected chi connectivity index (χ3v) is 6.40. The Balaban J connectivity index is 1.62. The van der Waals surface area contributed by atoms with Crippen LogP contribution in [0.4, 0.5) is 13.2 Å². The fraction of sp³-hybridized carbons (Fsp3) is 0.385. The van der Waals surface area contributed by atoms with Crippen molar-refractivity contribution in [2.24, 2.45) is 0 Å². The highest BCUT2D eigenvalue weighted by Gasteiger charge is 2.40. The molecule has 2 heterocycles. The minimum Gasteiger partial charge on any atom is -0.343 e. The lowest BCUT2D eigenvalue weighted by atomic mass is 9.91. The number of hydrogen-bond donors (Lipinski definition) is 2. The molecule has 0 bridgehead atoms. The minimum absolute atomic E-state index is 0.0904. The van der Waals surface area contributed by atoms with Gasteiger partial charge in [0.05, 0.1) is 30.9 Å². The van der Waals surface area contributed by atoms with Crippen LogP contribution in [0.15, 0.2) is 54.7 Å². The normalized spacial score (nSPS) is 18.6. The van der Waals surface area contributed by atoms with Gasteiger partial charge in [0.2, 0.25) is 11.8 Å². The van der Waals surface area contributed by atoms with Crippen molar-refractivity contribution in [1.82, 2.24) is 25.6 Å². The van der Waals surface area contributed by atoms with Gasteiger partial charge in [-0.15, -0.1) is 5.10 Å². The van der Waals surface area contributed by atoms with E-state index in [9.17, 15) is 22.8 Å². The Labute approximate surface area is 207 Å². The van der Waals surface area contributed by atoms with E-state index in [0.29, 0.717) is 22.4 Å². The predicted molar refractivity (Wildman–Crippen MR) is 127 cm³/mol. The van der Waals surface area contributed by atoms with E-state index in [0.717, 1.165) is 0 Å². The van der Waals surface area contributed by atoms with E-state index >= 15 is 0 Å². The number of aromatic nitrogens is 3. The predicted octanol–water partition coefficient (Wildman–Crippen LogP) is 4.25. The minimum atomic E-state index is -2.68. The van der Waals surface area contributed by atoms with Gasteiger partial charge in [-0.3, -0.25) is 14.7 Å². The van der Waals surface area contributed by atoms with Gasteiger partial charge in [-0.2, -0.15) is 0 Å². The van der Waals surface area contributed by atoms with Crippen LogP contribution in [-0.2, 0) is 16.0 Å². The summed E-state index contributed by atoms with van der Waals surface area (Å²) in [6.45, 7) is 3.48. The van der Waals surface area contributed by atoms with Gasteiger partial charge >= 0.3 is 0 Å². The van der Waals surface area contributed by atoms with E-state index < -0.39 is 36.5 Å². The number of halogens is 3. The molecule has 3 aromatic rings. The molecule has 2 aromatic carbocycles. The maximum atomic E-state index is 14.4. The van der Waals surface area contributed by atoms with Gasteiger partial charge in [-0.1, -0.05) is 61.5 Å². The quantitative estimate of drug-likeness (QED) is 0.485. The number of alkyl halides is 3. The fourth-order valence-corrected chi connectivity index (χ4v) is 4.61. The van der Waals surface area contributed by atoms with Crippen LogP contribution in [0.5, 0.6) is 0 Å². The fourth-order valence-electron chi connectivity index (χ4n) is 4.61. The Morgan fingerprint density at radius 1 is 1.11 bits per heavy atom. The molecular formula is C26H28F3N5O2. The van der Waals surface area contributed by atoms with Crippen LogP contribution >= 0.6 is 0 Å². The van der Waals surface area contributed by atoms with Crippen LogP contribution in [0, 0.1) is 0 Å². The van der Waals surface area contributed by atoms with E-state index in [1.165, 1.54) is 17.2 Å². The number of H-pyrrole nitrogens is 1. The number of amides is 2. The zero-order valence-corrected chi connectivity index (χ0v) is 20.0. The molecule has 2 N–H and O–H groups in total. The molecule has 190 valence electrons. The van der Waals surface area contributed by atoms with E-state index in [1.807, 2.05) is 19.9 Å². The van der Waals surface area contributed by atoms with Crippen molar-refractivity contribution in [2.75, 3.05) is 6.54 Å². The number of nitrogens with one attached hydrogen (secondary N) is 2. The van der Waals surface area contributed by atoms with Gasteiger partial charge in [-0.05, 0) is 28.7 Å². The smallest absolute Gasteiger partial charge is 0.264 e. The number of hydrogen-bond acceptors (Lipinski definition) is 4. The van der Waals surface area contributed by atoms with Crippen LogP contribution in [0.25, 0.3) is 0 Å². The van der Waals surface area contributed by atoms with Gasteiger partial charge in [0.25, 0.3) is 6.43 Å². The van der Waals surface area contributed by atoms with Crippen LogP contribution in [0.1, 0.15) is 66.6 Å². The molecule has 1 aliphatic heterocycles. The Morgan fingerprint density at radius 3 is 2.50 bits per heavy atom. The highest BCUT2D eigenvalue weighted by atomic mass is 19.3. The van der Waals surface area contributed by atoms with Crippen LogP contribution in [0.3, 0.4) is 0 Å². The molecule has 1 saturated heterocycles. The molecule has 10 heteroatoms. The van der Waals surface area contributed by atoms with Crippen molar-refractivity contribution in [3.05, 3.63) is 82.7 Å². The Bertz CT molecular complexity index is 1190. The summed E-state index contributed by atoms with van der Waals surface area (Å²) < 4.78 is 42.2. The van der Waals surface area contributed by atoms with Gasteiger partial charge in [-0.25, -0.2) is 13.2 Å². The molecule has 4 rings (SSSR count). The highest BCUT2D eigenvalue weighted by Crippen LogP contribution is 2.33.